The lowest BCUT2D eigenvalue weighted by Gasteiger charge is -2.00. The lowest BCUT2D eigenvalue weighted by Crippen LogP contribution is -1.81. The molecule has 0 spiro atoms. The standard InChI is InChI=1S/C11H9O/c1-12-11-7-6-9-4-2-3-5-10(9)8-11/h3-8H,1H3. The van der Waals surface area contributed by atoms with Crippen molar-refractivity contribution in [3.8, 4) is 5.75 Å². The average molecular weight is 157 g/mol. The predicted octanol–water partition coefficient (Wildman–Crippen LogP) is 2.65. The summed E-state index contributed by atoms with van der Waals surface area (Å²) in [6.45, 7) is 0. The Morgan fingerprint density at radius 2 is 2.08 bits per heavy atom. The number of methoxy groups -OCH3 is 1. The first-order chi connectivity index (χ1) is 5.90. The van der Waals surface area contributed by atoms with Crippen molar-refractivity contribution in [3.63, 3.8) is 0 Å². The second-order valence-electron chi connectivity index (χ2n) is 2.64. The number of ether oxygens (including phenoxy) is 1. The van der Waals surface area contributed by atoms with Gasteiger partial charge in [0.05, 0.1) is 7.11 Å². The highest BCUT2D eigenvalue weighted by Crippen LogP contribution is 2.19. The Balaban J connectivity index is 2.67. The molecule has 1 radical (unpaired) electrons. The van der Waals surface area contributed by atoms with Crippen LogP contribution in [-0.2, 0) is 0 Å². The van der Waals surface area contributed by atoms with Crippen LogP contribution < -0.4 is 4.74 Å². The third kappa shape index (κ3) is 1.14. The Morgan fingerprint density at radius 1 is 1.17 bits per heavy atom. The number of hydrogen-bond acceptors (Lipinski definition) is 1. The fourth-order valence-electron chi connectivity index (χ4n) is 1.23. The summed E-state index contributed by atoms with van der Waals surface area (Å²) in [6.07, 6.45) is 0. The molecule has 0 unspecified atom stereocenters. The van der Waals surface area contributed by atoms with Crippen LogP contribution in [0.1, 0.15) is 0 Å². The topological polar surface area (TPSA) is 9.23 Å². The molecule has 0 atom stereocenters. The van der Waals surface area contributed by atoms with Gasteiger partial charge in [0, 0.05) is 0 Å². The molecule has 59 valence electrons. The molecule has 2 aromatic rings. The summed E-state index contributed by atoms with van der Waals surface area (Å²) in [6, 6.07) is 14.9. The summed E-state index contributed by atoms with van der Waals surface area (Å²) in [5, 5.41) is 2.38. The fourth-order valence-corrected chi connectivity index (χ4v) is 1.23. The molecule has 12 heavy (non-hydrogen) atoms. The van der Waals surface area contributed by atoms with E-state index in [0.717, 1.165) is 5.75 Å². The Bertz CT molecular complexity index is 393. The van der Waals surface area contributed by atoms with Crippen molar-refractivity contribution in [2.45, 2.75) is 0 Å². The molecule has 0 aliphatic carbocycles. The normalized spacial score (nSPS) is 10.1. The van der Waals surface area contributed by atoms with Gasteiger partial charge in [-0.3, -0.25) is 0 Å². The Morgan fingerprint density at radius 3 is 2.92 bits per heavy atom. The van der Waals surface area contributed by atoms with Crippen molar-refractivity contribution in [2.75, 3.05) is 7.11 Å². The highest BCUT2D eigenvalue weighted by molar-refractivity contribution is 5.83. The molecule has 0 saturated heterocycles. The molecule has 2 rings (SSSR count). The lowest BCUT2D eigenvalue weighted by atomic mass is 10.1. The minimum Gasteiger partial charge on any atom is -0.497 e. The van der Waals surface area contributed by atoms with E-state index in [2.05, 4.69) is 6.07 Å². The summed E-state index contributed by atoms with van der Waals surface area (Å²) in [7, 11) is 1.68. The molecule has 1 nitrogen and oxygen atoms in total. The molecule has 0 heterocycles. The van der Waals surface area contributed by atoms with Gasteiger partial charge in [-0.1, -0.05) is 18.2 Å². The Hall–Kier alpha value is -1.50. The van der Waals surface area contributed by atoms with E-state index < -0.39 is 0 Å². The van der Waals surface area contributed by atoms with E-state index in [0.29, 0.717) is 0 Å². The van der Waals surface area contributed by atoms with Crippen LogP contribution in [0.25, 0.3) is 10.8 Å². The summed E-state index contributed by atoms with van der Waals surface area (Å²) in [5.41, 5.74) is 0. The summed E-state index contributed by atoms with van der Waals surface area (Å²) < 4.78 is 5.11. The minimum absolute atomic E-state index is 0.897. The van der Waals surface area contributed by atoms with Crippen LogP contribution in [0.4, 0.5) is 0 Å². The van der Waals surface area contributed by atoms with Crippen LogP contribution in [-0.4, -0.2) is 7.11 Å². The molecular weight excluding hydrogens is 148 g/mol. The predicted molar refractivity (Wildman–Crippen MR) is 49.3 cm³/mol. The zero-order valence-corrected chi connectivity index (χ0v) is 6.87. The zero-order valence-electron chi connectivity index (χ0n) is 6.87. The van der Waals surface area contributed by atoms with E-state index in [-0.39, 0.29) is 0 Å². The molecule has 2 aromatic carbocycles. The van der Waals surface area contributed by atoms with E-state index >= 15 is 0 Å². The van der Waals surface area contributed by atoms with Crippen LogP contribution in [0.3, 0.4) is 0 Å². The van der Waals surface area contributed by atoms with Crippen molar-refractivity contribution in [1.29, 1.82) is 0 Å². The van der Waals surface area contributed by atoms with Gasteiger partial charge >= 0.3 is 0 Å². The van der Waals surface area contributed by atoms with Crippen LogP contribution >= 0.6 is 0 Å². The third-order valence-corrected chi connectivity index (χ3v) is 1.89. The number of benzene rings is 2. The van der Waals surface area contributed by atoms with Gasteiger partial charge in [-0.05, 0) is 35.0 Å². The van der Waals surface area contributed by atoms with E-state index in [1.807, 2.05) is 36.4 Å². The first-order valence-electron chi connectivity index (χ1n) is 3.84. The van der Waals surface area contributed by atoms with E-state index in [4.69, 9.17) is 4.74 Å². The molecule has 0 N–H and O–H groups in total. The molecule has 0 amide bonds. The average Bonchev–Trinajstić information content (AvgIpc) is 2.17. The van der Waals surface area contributed by atoms with E-state index in [9.17, 15) is 0 Å². The molecule has 0 aliphatic heterocycles. The second kappa shape index (κ2) is 2.86. The van der Waals surface area contributed by atoms with Gasteiger partial charge in [-0.25, -0.2) is 0 Å². The van der Waals surface area contributed by atoms with Crippen LogP contribution in [0, 0.1) is 6.07 Å². The summed E-state index contributed by atoms with van der Waals surface area (Å²) >= 11 is 0. The van der Waals surface area contributed by atoms with Crippen LogP contribution in [0.15, 0.2) is 36.4 Å². The summed E-state index contributed by atoms with van der Waals surface area (Å²) in [5.74, 6) is 0.897. The third-order valence-electron chi connectivity index (χ3n) is 1.89. The van der Waals surface area contributed by atoms with Gasteiger partial charge in [-0.15, -0.1) is 0 Å². The molecule has 0 aliphatic rings. The molecule has 0 bridgehead atoms. The van der Waals surface area contributed by atoms with Gasteiger partial charge in [0.15, 0.2) is 0 Å². The van der Waals surface area contributed by atoms with Crippen molar-refractivity contribution >= 4 is 10.8 Å². The quantitative estimate of drug-likeness (QED) is 0.618. The van der Waals surface area contributed by atoms with Crippen molar-refractivity contribution in [3.05, 3.63) is 42.5 Å². The monoisotopic (exact) mass is 157 g/mol. The molecule has 0 aromatic heterocycles. The van der Waals surface area contributed by atoms with Gasteiger partial charge in [0.2, 0.25) is 0 Å². The zero-order chi connectivity index (χ0) is 8.39. The van der Waals surface area contributed by atoms with E-state index in [1.165, 1.54) is 10.8 Å². The van der Waals surface area contributed by atoms with Crippen LogP contribution in [0.2, 0.25) is 0 Å². The summed E-state index contributed by atoms with van der Waals surface area (Å²) in [4.78, 5) is 0. The maximum atomic E-state index is 5.11. The van der Waals surface area contributed by atoms with Crippen molar-refractivity contribution in [2.24, 2.45) is 0 Å². The Labute approximate surface area is 71.6 Å². The maximum Gasteiger partial charge on any atom is 0.119 e. The van der Waals surface area contributed by atoms with Crippen molar-refractivity contribution < 1.29 is 4.74 Å². The minimum atomic E-state index is 0.897. The highest BCUT2D eigenvalue weighted by Gasteiger charge is 1.93. The highest BCUT2D eigenvalue weighted by atomic mass is 16.5. The van der Waals surface area contributed by atoms with E-state index in [1.54, 1.807) is 7.11 Å². The number of hydrogen-bond donors (Lipinski definition) is 0. The van der Waals surface area contributed by atoms with Crippen molar-refractivity contribution in [1.82, 2.24) is 0 Å². The first kappa shape index (κ1) is 7.17. The second-order valence-corrected chi connectivity index (χ2v) is 2.64. The molecule has 1 heteroatoms. The Kier molecular flexibility index (Phi) is 1.71. The fraction of sp³-hybridized carbons (Fsp3) is 0.0909. The van der Waals surface area contributed by atoms with Gasteiger partial charge in [0.25, 0.3) is 0 Å². The molecule has 0 fully saturated rings. The maximum absolute atomic E-state index is 5.11. The number of fused-ring (bicyclic) bond motifs is 1. The first-order valence-corrected chi connectivity index (χ1v) is 3.84. The largest absolute Gasteiger partial charge is 0.497 e. The van der Waals surface area contributed by atoms with Gasteiger partial charge in [-0.2, -0.15) is 0 Å². The molecule has 0 saturated carbocycles. The molecular formula is C11H9O. The van der Waals surface area contributed by atoms with Crippen LogP contribution in [0.5, 0.6) is 5.75 Å². The van der Waals surface area contributed by atoms with Gasteiger partial charge in [0.1, 0.15) is 5.75 Å². The number of rotatable bonds is 1. The lowest BCUT2D eigenvalue weighted by molar-refractivity contribution is 0.415. The smallest absolute Gasteiger partial charge is 0.119 e. The van der Waals surface area contributed by atoms with Gasteiger partial charge < -0.3 is 4.74 Å². The SMILES string of the molecule is COc1ccc2c[c]ccc2c1.